The van der Waals surface area contributed by atoms with Crippen LogP contribution in [0.1, 0.15) is 111 Å². The number of fused-ring (bicyclic) bond motifs is 7. The van der Waals surface area contributed by atoms with Gasteiger partial charge in [0.1, 0.15) is 11.6 Å². The number of aromatic nitrogens is 3. The van der Waals surface area contributed by atoms with Gasteiger partial charge >= 0.3 is 0 Å². The number of benzene rings is 3. The Kier molecular flexibility index (Phi) is 7.54. The Bertz CT molecular complexity index is 2390. The number of anilines is 2. The van der Waals surface area contributed by atoms with Crippen LogP contribution in [0.5, 0.6) is 0 Å². The molecule has 2 aliphatic rings. The molecule has 6 aromatic rings. The Labute approximate surface area is 310 Å². The van der Waals surface area contributed by atoms with Crippen molar-refractivity contribution < 1.29 is 0 Å². The van der Waals surface area contributed by atoms with Gasteiger partial charge in [-0.1, -0.05) is 126 Å². The molecule has 2 atom stereocenters. The van der Waals surface area contributed by atoms with Crippen LogP contribution in [0.2, 0.25) is 0 Å². The average molecular weight is 687 g/mol. The highest BCUT2D eigenvalue weighted by molar-refractivity contribution is 6.10. The van der Waals surface area contributed by atoms with E-state index in [2.05, 4.69) is 190 Å². The smallest absolute Gasteiger partial charge is 0.138 e. The Hall–Kier alpha value is -4.70. The van der Waals surface area contributed by atoms with Crippen LogP contribution < -0.4 is 4.90 Å². The number of nitrogens with zero attached hydrogens (tertiary/aromatic N) is 4. The standard InChI is InChI=1S/C48H54N4/c1-45(2,3)29-13-19-39-33(25-29)34-26-30(46(4,5)6)14-20-40(34)51(39)43-23-17-38-37(49-43)18-24-44(50-38)52-41-21-15-31(47(7,8)9)27-35(41)36-28-32(48(10,11)12)16-22-42(36)52/h13-28,33,39H,1-12H3. The topological polar surface area (TPSA) is 34.0 Å². The van der Waals surface area contributed by atoms with Crippen molar-refractivity contribution in [3.63, 3.8) is 0 Å². The zero-order valence-electron chi connectivity index (χ0n) is 33.2. The molecule has 52 heavy (non-hydrogen) atoms. The van der Waals surface area contributed by atoms with Crippen molar-refractivity contribution in [3.8, 4) is 5.82 Å². The lowest BCUT2D eigenvalue weighted by Gasteiger charge is -2.31. The molecule has 0 bridgehead atoms. The number of hydrogen-bond acceptors (Lipinski definition) is 3. The van der Waals surface area contributed by atoms with E-state index in [0.29, 0.717) is 0 Å². The number of hydrogen-bond donors (Lipinski definition) is 0. The Morgan fingerprint density at radius 1 is 0.519 bits per heavy atom. The molecule has 0 fully saturated rings. The van der Waals surface area contributed by atoms with Crippen LogP contribution in [-0.4, -0.2) is 20.6 Å². The highest BCUT2D eigenvalue weighted by Crippen LogP contribution is 2.50. The monoisotopic (exact) mass is 686 g/mol. The second kappa shape index (κ2) is 11.4. The van der Waals surface area contributed by atoms with Crippen molar-refractivity contribution in [2.45, 2.75) is 111 Å². The Morgan fingerprint density at radius 3 is 1.56 bits per heavy atom. The highest BCUT2D eigenvalue weighted by Gasteiger charge is 2.40. The molecule has 4 heterocycles. The summed E-state index contributed by atoms with van der Waals surface area (Å²) in [7, 11) is 0. The van der Waals surface area contributed by atoms with Crippen LogP contribution >= 0.6 is 0 Å². The summed E-state index contributed by atoms with van der Waals surface area (Å²) in [6.07, 6.45) is 7.24. The molecule has 2 unspecified atom stereocenters. The first-order valence-electron chi connectivity index (χ1n) is 19.0. The van der Waals surface area contributed by atoms with Crippen molar-refractivity contribution in [2.24, 2.45) is 5.41 Å². The fourth-order valence-electron chi connectivity index (χ4n) is 8.08. The summed E-state index contributed by atoms with van der Waals surface area (Å²) in [5, 5.41) is 2.54. The van der Waals surface area contributed by atoms with Gasteiger partial charge in [-0.15, -0.1) is 0 Å². The van der Waals surface area contributed by atoms with Crippen molar-refractivity contribution in [1.29, 1.82) is 0 Å². The van der Waals surface area contributed by atoms with Crippen LogP contribution in [0, 0.1) is 5.41 Å². The predicted octanol–water partition coefficient (Wildman–Crippen LogP) is 12.8. The molecule has 1 aliphatic heterocycles. The third-order valence-corrected chi connectivity index (χ3v) is 11.4. The van der Waals surface area contributed by atoms with Gasteiger partial charge in [0.15, 0.2) is 0 Å². The van der Waals surface area contributed by atoms with Crippen LogP contribution in [-0.2, 0) is 16.2 Å². The zero-order valence-corrected chi connectivity index (χ0v) is 33.2. The summed E-state index contributed by atoms with van der Waals surface area (Å²) < 4.78 is 2.33. The average Bonchev–Trinajstić information content (AvgIpc) is 3.57. The summed E-state index contributed by atoms with van der Waals surface area (Å²) >= 11 is 0. The van der Waals surface area contributed by atoms with Gasteiger partial charge in [0.2, 0.25) is 0 Å². The van der Waals surface area contributed by atoms with Gasteiger partial charge in [-0.25, -0.2) is 9.97 Å². The number of pyridine rings is 2. The lowest BCUT2D eigenvalue weighted by atomic mass is 9.77. The number of allylic oxidation sites excluding steroid dienone is 2. The molecule has 3 aromatic carbocycles. The lowest BCUT2D eigenvalue weighted by Crippen LogP contribution is -2.30. The zero-order chi connectivity index (χ0) is 37.1. The van der Waals surface area contributed by atoms with Gasteiger partial charge in [0, 0.05) is 22.4 Å². The summed E-state index contributed by atoms with van der Waals surface area (Å²) in [5.41, 5.74) is 12.4. The molecule has 0 spiro atoms. The normalized spacial score (nSPS) is 18.0. The van der Waals surface area contributed by atoms with E-state index >= 15 is 0 Å². The van der Waals surface area contributed by atoms with Crippen molar-refractivity contribution >= 4 is 44.3 Å². The van der Waals surface area contributed by atoms with Gasteiger partial charge in [-0.05, 0) is 104 Å². The maximum absolute atomic E-state index is 5.31. The first kappa shape index (κ1) is 34.4. The molecule has 4 nitrogen and oxygen atoms in total. The van der Waals surface area contributed by atoms with Gasteiger partial charge < -0.3 is 4.90 Å². The first-order valence-corrected chi connectivity index (χ1v) is 19.0. The van der Waals surface area contributed by atoms with E-state index < -0.39 is 0 Å². The molecule has 4 heteroatoms. The van der Waals surface area contributed by atoms with E-state index in [9.17, 15) is 0 Å². The second-order valence-electron chi connectivity index (χ2n) is 19.3. The largest absolute Gasteiger partial charge is 0.318 e. The highest BCUT2D eigenvalue weighted by atomic mass is 15.2. The summed E-state index contributed by atoms with van der Waals surface area (Å²) in [6, 6.07) is 29.7. The molecule has 8 rings (SSSR count). The quantitative estimate of drug-likeness (QED) is 0.182. The molecule has 3 aromatic heterocycles. The fourth-order valence-corrected chi connectivity index (χ4v) is 8.08. The van der Waals surface area contributed by atoms with E-state index in [1.54, 1.807) is 0 Å². The van der Waals surface area contributed by atoms with Crippen molar-refractivity contribution in [2.75, 3.05) is 4.90 Å². The molecule has 0 saturated carbocycles. The van der Waals surface area contributed by atoms with Gasteiger partial charge in [0.05, 0.1) is 28.1 Å². The molecule has 0 radical (unpaired) electrons. The maximum Gasteiger partial charge on any atom is 0.138 e. The third kappa shape index (κ3) is 5.66. The van der Waals surface area contributed by atoms with Gasteiger partial charge in [-0.3, -0.25) is 4.57 Å². The third-order valence-electron chi connectivity index (χ3n) is 11.4. The number of rotatable bonds is 2. The molecule has 0 amide bonds. The van der Waals surface area contributed by atoms with E-state index in [0.717, 1.165) is 22.7 Å². The van der Waals surface area contributed by atoms with E-state index in [-0.39, 0.29) is 33.6 Å². The van der Waals surface area contributed by atoms with Crippen molar-refractivity contribution in [3.05, 3.63) is 125 Å². The molecule has 1 aliphatic carbocycles. The van der Waals surface area contributed by atoms with E-state index in [4.69, 9.17) is 9.97 Å². The van der Waals surface area contributed by atoms with Crippen LogP contribution in [0.25, 0.3) is 38.7 Å². The van der Waals surface area contributed by atoms with Crippen LogP contribution in [0.15, 0.2) is 103 Å². The van der Waals surface area contributed by atoms with Gasteiger partial charge in [0.25, 0.3) is 0 Å². The summed E-state index contributed by atoms with van der Waals surface area (Å²) in [4.78, 5) is 13.0. The van der Waals surface area contributed by atoms with Crippen LogP contribution in [0.4, 0.5) is 11.5 Å². The molecular weight excluding hydrogens is 633 g/mol. The Morgan fingerprint density at radius 2 is 1.02 bits per heavy atom. The fraction of sp³-hybridized carbons (Fsp3) is 0.375. The summed E-state index contributed by atoms with van der Waals surface area (Å²) in [6.45, 7) is 27.5. The minimum atomic E-state index is 0.0537. The minimum absolute atomic E-state index is 0.0537. The molecule has 0 saturated heterocycles. The van der Waals surface area contributed by atoms with Gasteiger partial charge in [-0.2, -0.15) is 0 Å². The SMILES string of the molecule is CC(C)(C)C1=CC2c3cc(C(C)(C)C)ccc3N(c3ccc4nc(-n5c6ccc(C(C)(C)C)cc6c6cc(C(C)(C)C)ccc65)ccc4n3)C2C=C1. The van der Waals surface area contributed by atoms with Crippen LogP contribution in [0.3, 0.4) is 0 Å². The predicted molar refractivity (Wildman–Crippen MR) is 222 cm³/mol. The minimum Gasteiger partial charge on any atom is -0.318 e. The molecular formula is C48H54N4. The maximum atomic E-state index is 5.31. The van der Waals surface area contributed by atoms with E-state index in [1.165, 1.54) is 55.3 Å². The molecule has 0 N–H and O–H groups in total. The molecule has 266 valence electrons. The first-order chi connectivity index (χ1) is 24.3. The lowest BCUT2D eigenvalue weighted by molar-refractivity contribution is 0.507. The Balaban J connectivity index is 1.25. The second-order valence-corrected chi connectivity index (χ2v) is 19.3. The van der Waals surface area contributed by atoms with E-state index in [1.807, 2.05) is 0 Å². The summed E-state index contributed by atoms with van der Waals surface area (Å²) in [5.74, 6) is 2.13. The van der Waals surface area contributed by atoms with Crippen molar-refractivity contribution in [1.82, 2.24) is 14.5 Å².